The SMILES string of the molecule is CCCCCCCCCCCCCCCCOCC(COP(=O)(O)OC1CCCN(C)C1)OC(C)=O. The first-order valence-corrected chi connectivity index (χ1v) is 15.9. The van der Waals surface area contributed by atoms with E-state index in [4.69, 9.17) is 18.5 Å². The number of phosphoric ester groups is 1. The van der Waals surface area contributed by atoms with Gasteiger partial charge in [-0.2, -0.15) is 0 Å². The van der Waals surface area contributed by atoms with E-state index in [0.717, 1.165) is 25.8 Å². The normalized spacial score (nSPS) is 19.2. The molecule has 3 atom stereocenters. The van der Waals surface area contributed by atoms with Gasteiger partial charge in [0.1, 0.15) is 6.10 Å². The predicted octanol–water partition coefficient (Wildman–Crippen LogP) is 6.64. The van der Waals surface area contributed by atoms with Gasteiger partial charge in [-0.05, 0) is 32.9 Å². The van der Waals surface area contributed by atoms with Gasteiger partial charge in [-0.15, -0.1) is 0 Å². The number of carbonyl (C=O) groups is 1. The van der Waals surface area contributed by atoms with Gasteiger partial charge >= 0.3 is 13.8 Å². The van der Waals surface area contributed by atoms with Gasteiger partial charge in [0.2, 0.25) is 0 Å². The third-order valence-corrected chi connectivity index (χ3v) is 7.61. The second-order valence-corrected chi connectivity index (χ2v) is 11.7. The number of piperidine rings is 1. The van der Waals surface area contributed by atoms with Gasteiger partial charge < -0.3 is 19.3 Å². The Labute approximate surface area is 220 Å². The van der Waals surface area contributed by atoms with Crippen molar-refractivity contribution in [3.05, 3.63) is 0 Å². The van der Waals surface area contributed by atoms with Crippen LogP contribution in [-0.2, 0) is 27.9 Å². The van der Waals surface area contributed by atoms with Gasteiger partial charge in [-0.25, -0.2) is 4.57 Å². The van der Waals surface area contributed by atoms with Crippen molar-refractivity contribution < 1.29 is 32.8 Å². The minimum Gasteiger partial charge on any atom is -0.458 e. The molecule has 1 aliphatic heterocycles. The lowest BCUT2D eigenvalue weighted by atomic mass is 10.0. The van der Waals surface area contributed by atoms with Crippen molar-refractivity contribution in [1.82, 2.24) is 4.90 Å². The average Bonchev–Trinajstić information content (AvgIpc) is 2.81. The Morgan fingerprint density at radius 2 is 1.50 bits per heavy atom. The first-order chi connectivity index (χ1) is 17.3. The first-order valence-electron chi connectivity index (χ1n) is 14.4. The Hall–Kier alpha value is -0.500. The van der Waals surface area contributed by atoms with Crippen LogP contribution in [0.2, 0.25) is 0 Å². The van der Waals surface area contributed by atoms with E-state index in [-0.39, 0.29) is 19.3 Å². The molecular weight excluding hydrogens is 481 g/mol. The van der Waals surface area contributed by atoms with E-state index < -0.39 is 19.9 Å². The molecule has 0 radical (unpaired) electrons. The molecule has 0 spiro atoms. The second-order valence-electron chi connectivity index (χ2n) is 10.3. The summed E-state index contributed by atoms with van der Waals surface area (Å²) in [6.45, 7) is 5.55. The van der Waals surface area contributed by atoms with Crippen LogP contribution >= 0.6 is 7.82 Å². The lowest BCUT2D eigenvalue weighted by Gasteiger charge is -2.30. The van der Waals surface area contributed by atoms with Crippen LogP contribution in [0.25, 0.3) is 0 Å². The molecule has 0 aromatic carbocycles. The largest absolute Gasteiger partial charge is 0.472 e. The zero-order chi connectivity index (χ0) is 26.5. The van der Waals surface area contributed by atoms with Crippen LogP contribution in [0.4, 0.5) is 0 Å². The number of likely N-dealkylation sites (tertiary alicyclic amines) is 1. The highest BCUT2D eigenvalue weighted by Crippen LogP contribution is 2.45. The van der Waals surface area contributed by atoms with Crippen LogP contribution in [0.15, 0.2) is 0 Å². The fourth-order valence-electron chi connectivity index (χ4n) is 4.57. The number of hydrogen-bond acceptors (Lipinski definition) is 7. The molecule has 9 heteroatoms. The van der Waals surface area contributed by atoms with Crippen LogP contribution in [-0.4, -0.2) is 67.9 Å². The molecule has 0 bridgehead atoms. The fourth-order valence-corrected chi connectivity index (χ4v) is 5.53. The Balaban J connectivity index is 2.05. The summed E-state index contributed by atoms with van der Waals surface area (Å²) in [4.78, 5) is 23.5. The maximum Gasteiger partial charge on any atom is 0.472 e. The van der Waals surface area contributed by atoms with E-state index in [0.29, 0.717) is 19.6 Å². The molecule has 1 saturated heterocycles. The molecule has 3 unspecified atom stereocenters. The van der Waals surface area contributed by atoms with E-state index in [1.165, 1.54) is 84.0 Å². The molecule has 0 amide bonds. The Morgan fingerprint density at radius 1 is 0.944 bits per heavy atom. The van der Waals surface area contributed by atoms with Crippen molar-refractivity contribution in [2.75, 3.05) is 40.0 Å². The van der Waals surface area contributed by atoms with Gasteiger partial charge in [-0.3, -0.25) is 13.8 Å². The number of unbranched alkanes of at least 4 members (excludes halogenated alkanes) is 13. The van der Waals surface area contributed by atoms with Crippen molar-refractivity contribution >= 4 is 13.8 Å². The van der Waals surface area contributed by atoms with Crippen molar-refractivity contribution in [2.45, 2.75) is 129 Å². The summed E-state index contributed by atoms with van der Waals surface area (Å²) < 4.78 is 33.6. The minimum atomic E-state index is -4.23. The number of hydrogen-bond donors (Lipinski definition) is 1. The van der Waals surface area contributed by atoms with Gasteiger partial charge in [0, 0.05) is 20.1 Å². The molecule has 0 aromatic heterocycles. The van der Waals surface area contributed by atoms with E-state index in [2.05, 4.69) is 11.8 Å². The lowest BCUT2D eigenvalue weighted by Crippen LogP contribution is -2.36. The number of nitrogens with zero attached hydrogens (tertiary/aromatic N) is 1. The Kier molecular flexibility index (Phi) is 20.0. The number of likely N-dealkylation sites (N-methyl/N-ethyl adjacent to an activating group) is 1. The molecule has 1 heterocycles. The lowest BCUT2D eigenvalue weighted by molar-refractivity contribution is -0.151. The molecular formula is C27H54NO7P. The molecule has 0 saturated carbocycles. The molecule has 1 rings (SSSR count). The van der Waals surface area contributed by atoms with E-state index in [1.54, 1.807) is 0 Å². The average molecular weight is 536 g/mol. The zero-order valence-corrected chi connectivity index (χ0v) is 24.2. The maximum absolute atomic E-state index is 12.3. The summed E-state index contributed by atoms with van der Waals surface area (Å²) in [5, 5.41) is 0. The van der Waals surface area contributed by atoms with Gasteiger partial charge in [-0.1, -0.05) is 90.4 Å². The van der Waals surface area contributed by atoms with Crippen molar-refractivity contribution in [3.63, 3.8) is 0 Å². The van der Waals surface area contributed by atoms with Crippen LogP contribution in [0.5, 0.6) is 0 Å². The van der Waals surface area contributed by atoms with Crippen LogP contribution < -0.4 is 0 Å². The van der Waals surface area contributed by atoms with Crippen LogP contribution in [0.3, 0.4) is 0 Å². The number of carbonyl (C=O) groups excluding carboxylic acids is 1. The summed E-state index contributed by atoms with van der Waals surface area (Å²) in [5.74, 6) is -0.480. The molecule has 1 N–H and O–H groups in total. The van der Waals surface area contributed by atoms with Gasteiger partial charge in [0.05, 0.1) is 19.3 Å². The third-order valence-electron chi connectivity index (χ3n) is 6.57. The second kappa shape index (κ2) is 21.4. The standard InChI is InChI=1S/C27H54NO7P/c1-4-5-6-7-8-9-10-11-12-13-14-15-16-17-21-32-23-27(34-25(2)29)24-33-36(30,31)35-26-19-18-20-28(3)22-26/h26-27H,4-24H2,1-3H3,(H,30,31). The monoisotopic (exact) mass is 535 g/mol. The Bertz CT molecular complexity index is 592. The molecule has 1 fully saturated rings. The third kappa shape index (κ3) is 19.6. The summed E-state index contributed by atoms with van der Waals surface area (Å²) in [6.07, 6.45) is 18.7. The molecule has 36 heavy (non-hydrogen) atoms. The fraction of sp³-hybridized carbons (Fsp3) is 0.963. The highest BCUT2D eigenvalue weighted by Gasteiger charge is 2.30. The molecule has 8 nitrogen and oxygen atoms in total. The van der Waals surface area contributed by atoms with Crippen molar-refractivity contribution in [3.8, 4) is 0 Å². The number of rotatable bonds is 23. The minimum absolute atomic E-state index is 0.129. The first kappa shape index (κ1) is 33.5. The zero-order valence-electron chi connectivity index (χ0n) is 23.3. The van der Waals surface area contributed by atoms with E-state index >= 15 is 0 Å². The maximum atomic E-state index is 12.3. The molecule has 214 valence electrons. The summed E-state index contributed by atoms with van der Waals surface area (Å²) in [6, 6.07) is 0. The van der Waals surface area contributed by atoms with Crippen LogP contribution in [0, 0.1) is 0 Å². The Morgan fingerprint density at radius 3 is 2.03 bits per heavy atom. The van der Waals surface area contributed by atoms with Gasteiger partial charge in [0.15, 0.2) is 0 Å². The van der Waals surface area contributed by atoms with E-state index in [9.17, 15) is 14.3 Å². The van der Waals surface area contributed by atoms with E-state index in [1.807, 2.05) is 7.05 Å². The molecule has 1 aliphatic rings. The van der Waals surface area contributed by atoms with Crippen molar-refractivity contribution in [2.24, 2.45) is 0 Å². The summed E-state index contributed by atoms with van der Waals surface area (Å²) in [5.41, 5.74) is 0. The number of ether oxygens (including phenoxy) is 2. The summed E-state index contributed by atoms with van der Waals surface area (Å²) in [7, 11) is -2.29. The van der Waals surface area contributed by atoms with Gasteiger partial charge in [0.25, 0.3) is 0 Å². The topological polar surface area (TPSA) is 94.5 Å². The quantitative estimate of drug-likeness (QED) is 0.0883. The number of esters is 1. The highest BCUT2D eigenvalue weighted by molar-refractivity contribution is 7.47. The summed E-state index contributed by atoms with van der Waals surface area (Å²) >= 11 is 0. The van der Waals surface area contributed by atoms with Crippen molar-refractivity contribution in [1.29, 1.82) is 0 Å². The number of phosphoric acid groups is 1. The van der Waals surface area contributed by atoms with Crippen LogP contribution in [0.1, 0.15) is 117 Å². The molecule has 0 aliphatic carbocycles. The predicted molar refractivity (Wildman–Crippen MR) is 144 cm³/mol. The molecule has 0 aromatic rings. The smallest absolute Gasteiger partial charge is 0.458 e. The highest BCUT2D eigenvalue weighted by atomic mass is 31.2.